The van der Waals surface area contributed by atoms with E-state index in [0.29, 0.717) is 24.0 Å². The van der Waals surface area contributed by atoms with Crippen molar-refractivity contribution >= 4 is 29.7 Å². The molecule has 0 spiro atoms. The molecule has 1 aromatic rings. The lowest BCUT2D eigenvalue weighted by Crippen LogP contribution is -2.78. The largest absolute Gasteiger partial charge is 0.472 e. The number of esters is 4. The van der Waals surface area contributed by atoms with E-state index >= 15 is 0 Å². The molecule has 3 fully saturated rings. The summed E-state index contributed by atoms with van der Waals surface area (Å²) in [5.41, 5.74) is -5.11. The molecular weight excluding hydrogens is 536 g/mol. The summed E-state index contributed by atoms with van der Waals surface area (Å²) < 4.78 is 27.8. The van der Waals surface area contributed by atoms with Gasteiger partial charge >= 0.3 is 23.9 Å². The van der Waals surface area contributed by atoms with Crippen molar-refractivity contribution in [3.8, 4) is 0 Å². The third kappa shape index (κ3) is 4.06. The third-order valence-electron chi connectivity index (χ3n) is 9.95. The van der Waals surface area contributed by atoms with Crippen LogP contribution in [0.2, 0.25) is 0 Å². The zero-order valence-corrected chi connectivity index (χ0v) is 24.1. The van der Waals surface area contributed by atoms with Crippen LogP contribution in [0.5, 0.6) is 0 Å². The van der Waals surface area contributed by atoms with E-state index in [9.17, 15) is 29.1 Å². The summed E-state index contributed by atoms with van der Waals surface area (Å²) in [5, 5.41) is 12.3. The molecule has 5 rings (SSSR count). The van der Waals surface area contributed by atoms with Gasteiger partial charge in [-0.15, -0.1) is 0 Å². The highest BCUT2D eigenvalue weighted by molar-refractivity contribution is 6.03. The Hall–Kier alpha value is -3.47. The minimum Gasteiger partial charge on any atom is -0.472 e. The van der Waals surface area contributed by atoms with Gasteiger partial charge in [0.05, 0.1) is 32.5 Å². The summed E-state index contributed by atoms with van der Waals surface area (Å²) in [6, 6.07) is 1.73. The second kappa shape index (κ2) is 9.54. The minimum atomic E-state index is -2.41. The van der Waals surface area contributed by atoms with E-state index < -0.39 is 81.7 Å². The van der Waals surface area contributed by atoms with Crippen molar-refractivity contribution in [3.63, 3.8) is 0 Å². The first-order chi connectivity index (χ1) is 19.1. The predicted molar refractivity (Wildman–Crippen MR) is 138 cm³/mol. The molecule has 1 N–H and O–H groups in total. The SMILES string of the molecule is COC(=O)C[C@H]1C(C)(C)[C@H](OC(C)=O)[C@]2(O)C=C3[C@@H]4CC(=O)O[C@@H](c5ccoc5)[C@]4(C)CC[C@@H]3[C@]1(OC(C)=O)C2=O. The number of Topliss-reactive ketones (excluding diaryl/α,β-unsaturated/α-hetero) is 1. The molecule has 8 atom stereocenters. The van der Waals surface area contributed by atoms with Gasteiger partial charge in [0.1, 0.15) is 12.2 Å². The normalized spacial score (nSPS) is 38.9. The number of hydrogen-bond acceptors (Lipinski definition) is 11. The van der Waals surface area contributed by atoms with Crippen molar-refractivity contribution in [2.75, 3.05) is 7.11 Å². The summed E-state index contributed by atoms with van der Waals surface area (Å²) in [6.45, 7) is 7.65. The van der Waals surface area contributed by atoms with Crippen LogP contribution in [-0.4, -0.2) is 59.2 Å². The molecule has 0 radical (unpaired) electrons. The summed E-state index contributed by atoms with van der Waals surface area (Å²) in [5.74, 6) is -5.84. The fourth-order valence-corrected chi connectivity index (χ4v) is 8.29. The number of fused-ring (bicyclic) bond motifs is 6. The number of furan rings is 1. The van der Waals surface area contributed by atoms with Crippen LogP contribution in [0, 0.1) is 28.6 Å². The van der Waals surface area contributed by atoms with Crippen LogP contribution in [-0.2, 0) is 42.9 Å². The van der Waals surface area contributed by atoms with Crippen molar-refractivity contribution in [2.24, 2.45) is 28.6 Å². The van der Waals surface area contributed by atoms with E-state index in [4.69, 9.17) is 23.4 Å². The average molecular weight is 573 g/mol. The van der Waals surface area contributed by atoms with Gasteiger partial charge in [-0.25, -0.2) is 0 Å². The van der Waals surface area contributed by atoms with Crippen molar-refractivity contribution in [1.82, 2.24) is 0 Å². The minimum absolute atomic E-state index is 0.0447. The molecule has 4 aliphatic rings. The number of ketones is 1. The van der Waals surface area contributed by atoms with E-state index in [1.807, 2.05) is 6.92 Å². The van der Waals surface area contributed by atoms with Crippen LogP contribution in [0.1, 0.15) is 72.0 Å². The summed E-state index contributed by atoms with van der Waals surface area (Å²) in [7, 11) is 1.21. The highest BCUT2D eigenvalue weighted by Crippen LogP contribution is 2.67. The van der Waals surface area contributed by atoms with E-state index in [1.54, 1.807) is 19.9 Å². The van der Waals surface area contributed by atoms with Crippen LogP contribution in [0.3, 0.4) is 0 Å². The van der Waals surface area contributed by atoms with Gasteiger partial charge in [0.2, 0.25) is 5.78 Å². The molecule has 222 valence electrons. The maximum atomic E-state index is 14.5. The van der Waals surface area contributed by atoms with E-state index in [0.717, 1.165) is 6.92 Å². The molecule has 11 nitrogen and oxygen atoms in total. The number of rotatable bonds is 5. The second-order valence-corrected chi connectivity index (χ2v) is 12.6. The van der Waals surface area contributed by atoms with E-state index in [1.165, 1.54) is 32.6 Å². The molecule has 2 heterocycles. The average Bonchev–Trinajstić information content (AvgIpc) is 3.42. The Kier molecular flexibility index (Phi) is 6.76. The van der Waals surface area contributed by atoms with Gasteiger partial charge in [-0.1, -0.05) is 26.3 Å². The lowest BCUT2D eigenvalue weighted by molar-refractivity contribution is -0.249. The van der Waals surface area contributed by atoms with Crippen LogP contribution < -0.4 is 0 Å². The lowest BCUT2D eigenvalue weighted by atomic mass is 9.42. The zero-order valence-electron chi connectivity index (χ0n) is 24.1. The number of carbonyl (C=O) groups is 5. The number of methoxy groups -OCH3 is 1. The van der Waals surface area contributed by atoms with Gasteiger partial charge < -0.3 is 28.5 Å². The first kappa shape index (κ1) is 29.0. The summed E-state index contributed by atoms with van der Waals surface area (Å²) >= 11 is 0. The molecule has 1 aliphatic heterocycles. The van der Waals surface area contributed by atoms with Gasteiger partial charge in [0.15, 0.2) is 11.2 Å². The Bertz CT molecular complexity index is 1330. The topological polar surface area (TPSA) is 156 Å². The molecule has 3 aliphatic carbocycles. The van der Waals surface area contributed by atoms with Gasteiger partial charge in [0, 0.05) is 48.0 Å². The maximum absolute atomic E-state index is 14.5. The third-order valence-corrected chi connectivity index (χ3v) is 9.95. The Morgan fingerprint density at radius 2 is 1.80 bits per heavy atom. The van der Waals surface area contributed by atoms with Crippen molar-refractivity contribution in [2.45, 2.75) is 83.7 Å². The first-order valence-corrected chi connectivity index (χ1v) is 13.8. The second-order valence-electron chi connectivity index (χ2n) is 12.6. The Morgan fingerprint density at radius 3 is 2.39 bits per heavy atom. The van der Waals surface area contributed by atoms with Crippen LogP contribution in [0.15, 0.2) is 34.7 Å². The highest BCUT2D eigenvalue weighted by Gasteiger charge is 2.77. The molecule has 0 unspecified atom stereocenters. The van der Waals surface area contributed by atoms with E-state index in [2.05, 4.69) is 0 Å². The van der Waals surface area contributed by atoms with Crippen LogP contribution in [0.4, 0.5) is 0 Å². The Morgan fingerprint density at radius 1 is 1.10 bits per heavy atom. The molecular formula is C30H36O11. The monoisotopic (exact) mass is 572 g/mol. The van der Waals surface area contributed by atoms with E-state index in [-0.39, 0.29) is 12.8 Å². The molecule has 1 aromatic heterocycles. The summed E-state index contributed by atoms with van der Waals surface area (Å²) in [6.07, 6.45) is 2.73. The molecule has 0 aromatic carbocycles. The first-order valence-electron chi connectivity index (χ1n) is 13.8. The zero-order chi connectivity index (χ0) is 30.1. The molecule has 1 saturated heterocycles. The Labute approximate surface area is 237 Å². The van der Waals surface area contributed by atoms with Gasteiger partial charge in [-0.3, -0.25) is 24.0 Å². The molecule has 2 saturated carbocycles. The number of hydrogen-bond donors (Lipinski definition) is 1. The maximum Gasteiger partial charge on any atom is 0.307 e. The fourth-order valence-electron chi connectivity index (χ4n) is 8.29. The molecule has 0 amide bonds. The van der Waals surface area contributed by atoms with Gasteiger partial charge in [0.25, 0.3) is 0 Å². The summed E-state index contributed by atoms with van der Waals surface area (Å²) in [4.78, 5) is 65.4. The van der Waals surface area contributed by atoms with Crippen LogP contribution >= 0.6 is 0 Å². The van der Waals surface area contributed by atoms with Crippen LogP contribution in [0.25, 0.3) is 0 Å². The lowest BCUT2D eigenvalue weighted by Gasteiger charge is -2.65. The smallest absolute Gasteiger partial charge is 0.307 e. The number of ether oxygens (including phenoxy) is 4. The van der Waals surface area contributed by atoms with Crippen molar-refractivity contribution in [3.05, 3.63) is 35.8 Å². The Balaban J connectivity index is 1.77. The van der Waals surface area contributed by atoms with Gasteiger partial charge in [-0.05, 0) is 25.0 Å². The number of aliphatic hydroxyl groups is 1. The highest BCUT2D eigenvalue weighted by atomic mass is 16.6. The van der Waals surface area contributed by atoms with Crippen molar-refractivity contribution in [1.29, 1.82) is 0 Å². The quantitative estimate of drug-likeness (QED) is 0.314. The standard InChI is InChI=1S/C30H36O11/c1-15(31)39-26-27(3,4)21(12-22(33)37-6)30(41-16(2)32)19-7-9-28(5)20(18(19)13-29(26,36)25(30)35)11-23(34)40-24(28)17-8-10-38-14-17/h8,10,13-14,19-21,24,26,36H,7,9,11-12H2,1-6H3/t19-,20-,21-,24-,26-,28+,29-,30+/m0/s1. The molecule has 2 bridgehead atoms. The van der Waals surface area contributed by atoms with Gasteiger partial charge in [-0.2, -0.15) is 0 Å². The fraction of sp³-hybridized carbons (Fsp3) is 0.633. The number of carbonyl (C=O) groups excluding carboxylic acids is 5. The molecule has 11 heteroatoms. The predicted octanol–water partition coefficient (Wildman–Crippen LogP) is 2.99. The number of cyclic esters (lactones) is 1. The molecule has 41 heavy (non-hydrogen) atoms. The van der Waals surface area contributed by atoms with Crippen molar-refractivity contribution < 1.29 is 52.4 Å².